The van der Waals surface area contributed by atoms with E-state index in [9.17, 15) is 4.79 Å². The minimum absolute atomic E-state index is 0.0516. The lowest BCUT2D eigenvalue weighted by Crippen LogP contribution is -2.47. The first-order chi connectivity index (χ1) is 11.7. The van der Waals surface area contributed by atoms with E-state index in [1.54, 1.807) is 0 Å². The van der Waals surface area contributed by atoms with Crippen LogP contribution in [0, 0.1) is 0 Å². The molecular weight excluding hydrogens is 306 g/mol. The molecule has 3 N–H and O–H groups in total. The zero-order chi connectivity index (χ0) is 16.8. The molecule has 1 amide bonds. The predicted molar refractivity (Wildman–Crippen MR) is 90.2 cm³/mol. The van der Waals surface area contributed by atoms with Crippen LogP contribution in [0.4, 0.5) is 5.82 Å². The number of nitrogens with zero attached hydrogens (tertiary/aromatic N) is 3. The van der Waals surface area contributed by atoms with Crippen molar-refractivity contribution in [3.63, 3.8) is 0 Å². The van der Waals surface area contributed by atoms with Crippen molar-refractivity contribution in [1.29, 1.82) is 0 Å². The first kappa shape index (κ1) is 16.4. The second-order valence-corrected chi connectivity index (χ2v) is 5.71. The fraction of sp³-hybridized carbons (Fsp3) is 0.353. The SMILES string of the molecule is Nc1nccnc1C(=O)NC[C@@H]1CN(Cc2ccccc2)CCO1. The number of anilines is 1. The van der Waals surface area contributed by atoms with Crippen molar-refractivity contribution < 1.29 is 9.53 Å². The van der Waals surface area contributed by atoms with E-state index in [4.69, 9.17) is 10.5 Å². The number of ether oxygens (including phenoxy) is 1. The highest BCUT2D eigenvalue weighted by molar-refractivity contribution is 5.96. The van der Waals surface area contributed by atoms with Gasteiger partial charge in [0.05, 0.1) is 12.7 Å². The van der Waals surface area contributed by atoms with Crippen LogP contribution in [0.5, 0.6) is 0 Å². The summed E-state index contributed by atoms with van der Waals surface area (Å²) >= 11 is 0. The zero-order valence-electron chi connectivity index (χ0n) is 13.4. The molecule has 1 saturated heterocycles. The molecule has 1 aliphatic rings. The van der Waals surface area contributed by atoms with Gasteiger partial charge in [0.1, 0.15) is 0 Å². The molecule has 0 unspecified atom stereocenters. The van der Waals surface area contributed by atoms with Crippen molar-refractivity contribution >= 4 is 11.7 Å². The van der Waals surface area contributed by atoms with Crippen LogP contribution >= 0.6 is 0 Å². The fourth-order valence-electron chi connectivity index (χ4n) is 2.70. The Kier molecular flexibility index (Phi) is 5.35. The van der Waals surface area contributed by atoms with Crippen LogP contribution < -0.4 is 11.1 Å². The van der Waals surface area contributed by atoms with E-state index >= 15 is 0 Å². The van der Waals surface area contributed by atoms with Crippen molar-refractivity contribution in [2.75, 3.05) is 32.0 Å². The standard InChI is InChI=1S/C17H21N5O2/c18-16-15(19-6-7-20-16)17(23)21-10-14-12-22(8-9-24-14)11-13-4-2-1-3-5-13/h1-7,14H,8-12H2,(H2,18,20)(H,21,23)/t14-/m1/s1. The molecule has 1 aromatic carbocycles. The third-order valence-corrected chi connectivity index (χ3v) is 3.90. The molecule has 2 heterocycles. The number of aromatic nitrogens is 2. The second-order valence-electron chi connectivity index (χ2n) is 5.71. The lowest BCUT2D eigenvalue weighted by Gasteiger charge is -2.33. The van der Waals surface area contributed by atoms with Gasteiger partial charge in [0.15, 0.2) is 11.5 Å². The normalized spacial score (nSPS) is 18.2. The summed E-state index contributed by atoms with van der Waals surface area (Å²) in [4.78, 5) is 22.3. The van der Waals surface area contributed by atoms with Crippen LogP contribution in [-0.4, -0.2) is 53.1 Å². The minimum Gasteiger partial charge on any atom is -0.382 e. The second kappa shape index (κ2) is 7.85. The molecule has 1 aliphatic heterocycles. The monoisotopic (exact) mass is 327 g/mol. The number of carbonyl (C=O) groups is 1. The number of benzene rings is 1. The Morgan fingerprint density at radius 2 is 2.08 bits per heavy atom. The molecule has 24 heavy (non-hydrogen) atoms. The van der Waals surface area contributed by atoms with Gasteiger partial charge in [-0.15, -0.1) is 0 Å². The average molecular weight is 327 g/mol. The van der Waals surface area contributed by atoms with Gasteiger partial charge in [0.2, 0.25) is 0 Å². The molecular formula is C17H21N5O2. The van der Waals surface area contributed by atoms with E-state index in [2.05, 4.69) is 32.3 Å². The van der Waals surface area contributed by atoms with Gasteiger partial charge in [-0.3, -0.25) is 9.69 Å². The maximum Gasteiger partial charge on any atom is 0.273 e. The van der Waals surface area contributed by atoms with Crippen molar-refractivity contribution in [3.05, 3.63) is 54.0 Å². The first-order valence-corrected chi connectivity index (χ1v) is 7.95. The van der Waals surface area contributed by atoms with Gasteiger partial charge in [-0.25, -0.2) is 9.97 Å². The van der Waals surface area contributed by atoms with Crippen molar-refractivity contribution in [1.82, 2.24) is 20.2 Å². The first-order valence-electron chi connectivity index (χ1n) is 7.95. The Labute approximate surface area is 140 Å². The fourth-order valence-corrected chi connectivity index (χ4v) is 2.70. The molecule has 7 nitrogen and oxygen atoms in total. The molecule has 0 bridgehead atoms. The summed E-state index contributed by atoms with van der Waals surface area (Å²) in [7, 11) is 0. The molecule has 1 atom stereocenters. The number of rotatable bonds is 5. The van der Waals surface area contributed by atoms with Crippen LogP contribution in [-0.2, 0) is 11.3 Å². The number of hydrogen-bond donors (Lipinski definition) is 2. The van der Waals surface area contributed by atoms with Gasteiger partial charge in [-0.05, 0) is 5.56 Å². The summed E-state index contributed by atoms with van der Waals surface area (Å²) in [6, 6.07) is 10.3. The van der Waals surface area contributed by atoms with E-state index < -0.39 is 0 Å². The average Bonchev–Trinajstić information content (AvgIpc) is 2.61. The molecule has 126 valence electrons. The summed E-state index contributed by atoms with van der Waals surface area (Å²) in [5.41, 5.74) is 7.08. The van der Waals surface area contributed by atoms with E-state index in [-0.39, 0.29) is 23.5 Å². The van der Waals surface area contributed by atoms with Crippen LogP contribution in [0.2, 0.25) is 0 Å². The van der Waals surface area contributed by atoms with Crippen LogP contribution in [0.3, 0.4) is 0 Å². The Morgan fingerprint density at radius 3 is 2.88 bits per heavy atom. The Morgan fingerprint density at radius 1 is 1.29 bits per heavy atom. The van der Waals surface area contributed by atoms with Gasteiger partial charge in [-0.2, -0.15) is 0 Å². The number of hydrogen-bond acceptors (Lipinski definition) is 6. The maximum absolute atomic E-state index is 12.1. The summed E-state index contributed by atoms with van der Waals surface area (Å²) in [6.45, 7) is 3.61. The summed E-state index contributed by atoms with van der Waals surface area (Å²) in [6.07, 6.45) is 2.85. The Hall–Kier alpha value is -2.51. The molecule has 0 saturated carbocycles. The predicted octanol–water partition coefficient (Wildman–Crippen LogP) is 0.690. The van der Waals surface area contributed by atoms with Gasteiger partial charge in [0.25, 0.3) is 5.91 Å². The number of nitrogens with one attached hydrogen (secondary N) is 1. The maximum atomic E-state index is 12.1. The molecule has 1 fully saturated rings. The lowest BCUT2D eigenvalue weighted by molar-refractivity contribution is -0.0292. The van der Waals surface area contributed by atoms with Crippen molar-refractivity contribution in [3.8, 4) is 0 Å². The molecule has 7 heteroatoms. The molecule has 0 aliphatic carbocycles. The van der Waals surface area contributed by atoms with Crippen LogP contribution in [0.25, 0.3) is 0 Å². The van der Waals surface area contributed by atoms with E-state index in [1.165, 1.54) is 18.0 Å². The third kappa shape index (κ3) is 4.27. The minimum atomic E-state index is -0.329. The quantitative estimate of drug-likeness (QED) is 0.839. The topological polar surface area (TPSA) is 93.4 Å². The van der Waals surface area contributed by atoms with E-state index in [0.717, 1.165) is 19.6 Å². The number of morpholine rings is 1. The molecule has 2 aromatic rings. The molecule has 0 radical (unpaired) electrons. The third-order valence-electron chi connectivity index (χ3n) is 3.90. The summed E-state index contributed by atoms with van der Waals surface area (Å²) in [5.74, 6) is -0.199. The van der Waals surface area contributed by atoms with Crippen molar-refractivity contribution in [2.45, 2.75) is 12.6 Å². The van der Waals surface area contributed by atoms with Gasteiger partial charge < -0.3 is 15.8 Å². The number of carbonyl (C=O) groups excluding carboxylic acids is 1. The summed E-state index contributed by atoms with van der Waals surface area (Å²) < 4.78 is 5.74. The molecule has 1 aromatic heterocycles. The van der Waals surface area contributed by atoms with E-state index in [0.29, 0.717) is 13.2 Å². The lowest BCUT2D eigenvalue weighted by atomic mass is 10.2. The number of nitrogens with two attached hydrogens (primary N) is 1. The number of amides is 1. The highest BCUT2D eigenvalue weighted by Gasteiger charge is 2.22. The number of nitrogen functional groups attached to an aromatic ring is 1. The smallest absolute Gasteiger partial charge is 0.273 e. The van der Waals surface area contributed by atoms with Crippen LogP contribution in [0.15, 0.2) is 42.7 Å². The highest BCUT2D eigenvalue weighted by atomic mass is 16.5. The van der Waals surface area contributed by atoms with Crippen molar-refractivity contribution in [2.24, 2.45) is 0 Å². The highest BCUT2D eigenvalue weighted by Crippen LogP contribution is 2.10. The largest absolute Gasteiger partial charge is 0.382 e. The van der Waals surface area contributed by atoms with Gasteiger partial charge in [-0.1, -0.05) is 30.3 Å². The van der Waals surface area contributed by atoms with Gasteiger partial charge in [0, 0.05) is 38.6 Å². The Balaban J connectivity index is 1.50. The Bertz CT molecular complexity index is 680. The summed E-state index contributed by atoms with van der Waals surface area (Å²) in [5, 5.41) is 2.82. The zero-order valence-corrected chi connectivity index (χ0v) is 13.4. The van der Waals surface area contributed by atoms with Crippen LogP contribution in [0.1, 0.15) is 16.1 Å². The molecule has 3 rings (SSSR count). The van der Waals surface area contributed by atoms with Gasteiger partial charge >= 0.3 is 0 Å². The van der Waals surface area contributed by atoms with E-state index in [1.807, 2.05) is 18.2 Å². The molecule has 0 spiro atoms.